The lowest BCUT2D eigenvalue weighted by atomic mass is 9.83. The van der Waals surface area contributed by atoms with Crippen LogP contribution in [0.4, 0.5) is 0 Å². The molecule has 2 aromatic rings. The summed E-state index contributed by atoms with van der Waals surface area (Å²) in [7, 11) is 30.2. The SMILES string of the molecule is [B]Cc1cc([B])c(OC(=O)C(C)(C(=O)OCCS(=O)(=O)O)C(=O)Oc2c(C[B])cc([B])cc2C[B])c(C[B])c1. The zero-order chi connectivity index (χ0) is 29.5. The third kappa shape index (κ3) is 7.85. The van der Waals surface area contributed by atoms with Crippen LogP contribution < -0.4 is 20.4 Å². The Morgan fingerprint density at radius 2 is 1.28 bits per heavy atom. The van der Waals surface area contributed by atoms with Gasteiger partial charge in [-0.15, -0.1) is 0 Å². The molecule has 190 valence electrons. The van der Waals surface area contributed by atoms with Gasteiger partial charge in [0.15, 0.2) is 0 Å². The summed E-state index contributed by atoms with van der Waals surface area (Å²) in [4.78, 5) is 40.0. The van der Waals surface area contributed by atoms with Crippen LogP contribution in [0.25, 0.3) is 0 Å². The summed E-state index contributed by atoms with van der Waals surface area (Å²) in [6.07, 6.45) is -0.342. The van der Waals surface area contributed by atoms with E-state index in [0.717, 1.165) is 6.92 Å². The minimum atomic E-state index is -4.54. The van der Waals surface area contributed by atoms with Crippen molar-refractivity contribution in [2.75, 3.05) is 12.4 Å². The number of rotatable bonds is 12. The number of carbonyl (C=O) groups is 3. The van der Waals surface area contributed by atoms with Crippen LogP contribution in [0.2, 0.25) is 0 Å². The molecule has 0 amide bonds. The number of benzene rings is 2. The summed E-state index contributed by atoms with van der Waals surface area (Å²) in [5, 5.41) is 0. The van der Waals surface area contributed by atoms with Gasteiger partial charge in [-0.1, -0.05) is 66.0 Å². The molecule has 0 saturated carbocycles. The topological polar surface area (TPSA) is 133 Å². The predicted octanol–water partition coefficient (Wildman–Crippen LogP) is -2.10. The standard InChI is InChI=1S/C23H20B6O9S/c1-23(20(30)36-2-3-39(33,34)35,21(31)37-18-14(10-26)6-16(28)7-15(18)11-27)22(32)38-19-13(9-25)4-12(8-24)5-17(19)29/h4-7H,2-3,8-11H2,1H3,(H,33,34,35). The third-order valence-electron chi connectivity index (χ3n) is 5.60. The van der Waals surface area contributed by atoms with Gasteiger partial charge in [0.25, 0.3) is 15.5 Å². The maximum Gasteiger partial charge on any atom is 0.340 e. The summed E-state index contributed by atoms with van der Waals surface area (Å²) in [5.74, 6) is -5.86. The average molecular weight is 537 g/mol. The Labute approximate surface area is 235 Å². The first kappa shape index (κ1) is 32.4. The fourth-order valence-electron chi connectivity index (χ4n) is 3.41. The van der Waals surface area contributed by atoms with Gasteiger partial charge in [0.1, 0.15) is 39.6 Å². The molecule has 2 rings (SSSR count). The molecule has 0 heterocycles. The second-order valence-corrected chi connectivity index (χ2v) is 10.1. The van der Waals surface area contributed by atoms with E-state index in [9.17, 15) is 22.8 Å². The first-order valence-electron chi connectivity index (χ1n) is 11.4. The molecule has 2 aromatic carbocycles. The molecule has 0 aliphatic carbocycles. The second kappa shape index (κ2) is 13.5. The van der Waals surface area contributed by atoms with Crippen molar-refractivity contribution in [2.24, 2.45) is 5.41 Å². The molecule has 0 spiro atoms. The van der Waals surface area contributed by atoms with Crippen LogP contribution in [-0.4, -0.2) is 90.3 Å². The normalized spacial score (nSPS) is 12.8. The first-order chi connectivity index (χ1) is 18.2. The van der Waals surface area contributed by atoms with Gasteiger partial charge in [0, 0.05) is 0 Å². The highest BCUT2D eigenvalue weighted by Gasteiger charge is 2.54. The van der Waals surface area contributed by atoms with Crippen molar-refractivity contribution in [1.82, 2.24) is 0 Å². The predicted molar refractivity (Wildman–Crippen MR) is 148 cm³/mol. The summed E-state index contributed by atoms with van der Waals surface area (Å²) in [6.45, 7) is -0.0410. The molecule has 12 radical (unpaired) electrons. The van der Waals surface area contributed by atoms with E-state index in [4.69, 9.17) is 65.8 Å². The fraction of sp³-hybridized carbons (Fsp3) is 0.348. The minimum Gasteiger partial charge on any atom is -0.463 e. The summed E-state index contributed by atoms with van der Waals surface area (Å²) >= 11 is 0. The number of hydrogen-bond donors (Lipinski definition) is 1. The molecule has 16 heteroatoms. The quantitative estimate of drug-likeness (QED) is 0.106. The smallest absolute Gasteiger partial charge is 0.340 e. The van der Waals surface area contributed by atoms with Gasteiger partial charge in [-0.25, -0.2) is 9.59 Å². The zero-order valence-corrected chi connectivity index (χ0v) is 22.0. The van der Waals surface area contributed by atoms with Crippen molar-refractivity contribution < 1.29 is 41.6 Å². The summed E-state index contributed by atoms with van der Waals surface area (Å²) < 4.78 is 46.7. The summed E-state index contributed by atoms with van der Waals surface area (Å²) in [6, 6.07) is 5.76. The Morgan fingerprint density at radius 3 is 1.74 bits per heavy atom. The number of ether oxygens (including phenoxy) is 3. The first-order valence-corrected chi connectivity index (χ1v) is 13.0. The lowest BCUT2D eigenvalue weighted by molar-refractivity contribution is -0.174. The molecule has 0 aliphatic heterocycles. The van der Waals surface area contributed by atoms with Crippen molar-refractivity contribution in [2.45, 2.75) is 32.2 Å². The van der Waals surface area contributed by atoms with Crippen molar-refractivity contribution >= 4 is 86.0 Å². The van der Waals surface area contributed by atoms with Crippen LogP contribution in [0.15, 0.2) is 24.3 Å². The molecule has 39 heavy (non-hydrogen) atoms. The molecule has 1 atom stereocenters. The van der Waals surface area contributed by atoms with Gasteiger partial charge < -0.3 is 14.2 Å². The molecule has 0 aromatic heterocycles. The van der Waals surface area contributed by atoms with E-state index in [1.807, 2.05) is 0 Å². The van der Waals surface area contributed by atoms with E-state index in [1.54, 1.807) is 0 Å². The maximum absolute atomic E-state index is 13.5. The van der Waals surface area contributed by atoms with Gasteiger partial charge in [-0.3, -0.25) is 9.35 Å². The number of hydrogen-bond acceptors (Lipinski definition) is 8. The Kier molecular flexibility index (Phi) is 11.2. The van der Waals surface area contributed by atoms with Gasteiger partial charge in [0.2, 0.25) is 0 Å². The molecule has 9 nitrogen and oxygen atoms in total. The molecule has 0 aliphatic rings. The van der Waals surface area contributed by atoms with E-state index in [0.29, 0.717) is 5.56 Å². The van der Waals surface area contributed by atoms with E-state index in [2.05, 4.69) is 0 Å². The van der Waals surface area contributed by atoms with E-state index in [1.165, 1.54) is 24.3 Å². The van der Waals surface area contributed by atoms with E-state index < -0.39 is 45.8 Å². The Bertz CT molecular complexity index is 1340. The van der Waals surface area contributed by atoms with Crippen LogP contribution >= 0.6 is 0 Å². The van der Waals surface area contributed by atoms with Crippen molar-refractivity contribution in [3.63, 3.8) is 0 Å². The Hall–Kier alpha value is -2.85. The van der Waals surface area contributed by atoms with Crippen LogP contribution in [0, 0.1) is 5.41 Å². The number of esters is 3. The van der Waals surface area contributed by atoms with E-state index in [-0.39, 0.29) is 64.4 Å². The van der Waals surface area contributed by atoms with E-state index >= 15 is 0 Å². The van der Waals surface area contributed by atoms with Gasteiger partial charge in [0.05, 0.1) is 31.4 Å². The van der Waals surface area contributed by atoms with Crippen LogP contribution in [0.3, 0.4) is 0 Å². The second-order valence-electron chi connectivity index (χ2n) is 8.48. The van der Waals surface area contributed by atoms with Crippen LogP contribution in [0.1, 0.15) is 29.2 Å². The van der Waals surface area contributed by atoms with Gasteiger partial charge in [-0.2, -0.15) is 8.42 Å². The minimum absolute atomic E-state index is 0.0587. The highest BCUT2D eigenvalue weighted by molar-refractivity contribution is 7.85. The molecule has 0 fully saturated rings. The molecular weight excluding hydrogens is 517 g/mol. The van der Waals surface area contributed by atoms with Crippen LogP contribution in [-0.2, 0) is 54.5 Å². The highest BCUT2D eigenvalue weighted by Crippen LogP contribution is 2.30. The zero-order valence-electron chi connectivity index (χ0n) is 21.1. The van der Waals surface area contributed by atoms with Crippen molar-refractivity contribution in [3.05, 3.63) is 46.5 Å². The maximum atomic E-state index is 13.5. The largest absolute Gasteiger partial charge is 0.463 e. The Balaban J connectivity index is 2.55. The Morgan fingerprint density at radius 1 is 0.795 bits per heavy atom. The van der Waals surface area contributed by atoms with Gasteiger partial charge in [-0.05, 0) is 23.6 Å². The van der Waals surface area contributed by atoms with Gasteiger partial charge >= 0.3 is 17.9 Å². The molecule has 0 saturated heterocycles. The molecular formula is C23H20B6O9S. The molecule has 0 bridgehead atoms. The van der Waals surface area contributed by atoms with Crippen LogP contribution in [0.5, 0.6) is 11.5 Å². The summed E-state index contributed by atoms with van der Waals surface area (Å²) in [5.41, 5.74) is -1.31. The van der Waals surface area contributed by atoms with Crippen molar-refractivity contribution in [3.8, 4) is 11.5 Å². The monoisotopic (exact) mass is 538 g/mol. The molecule has 1 N–H and O–H groups in total. The lowest BCUT2D eigenvalue weighted by Crippen LogP contribution is -2.50. The third-order valence-corrected chi connectivity index (χ3v) is 6.29. The fourth-order valence-corrected chi connectivity index (χ4v) is 3.71. The highest BCUT2D eigenvalue weighted by atomic mass is 32.2. The van der Waals surface area contributed by atoms with Crippen molar-refractivity contribution in [1.29, 1.82) is 0 Å². The molecule has 1 unspecified atom stereocenters. The average Bonchev–Trinajstić information content (AvgIpc) is 2.88. The lowest BCUT2D eigenvalue weighted by Gasteiger charge is -2.26. The number of carbonyl (C=O) groups excluding carboxylic acids is 3.